The molecule has 0 atom stereocenters. The van der Waals surface area contributed by atoms with Crippen molar-refractivity contribution in [2.45, 2.75) is 6.92 Å². The summed E-state index contributed by atoms with van der Waals surface area (Å²) in [5.41, 5.74) is 14.3. The third-order valence-electron chi connectivity index (χ3n) is 17.9. The summed E-state index contributed by atoms with van der Waals surface area (Å²) in [4.78, 5) is 11.5. The van der Waals surface area contributed by atoms with Gasteiger partial charge >= 0.3 is 0 Å². The number of rotatable bonds is 9. The van der Waals surface area contributed by atoms with Gasteiger partial charge < -0.3 is 9.13 Å². The SMILES string of the molecule is Cc1cc(-c2cc(-n3c4ccccc4c4cc(-n5c6ccccc6c6ccccc65)ccc43)nc(-n3c4ccccc4c4cc(-n5c6ccccc6c6cc(C#N)ccc65)ccc43)n2)ccc1[Si](c1ccccc1)(c1ccccc1)c1ccccc1. The molecule has 0 aliphatic carbocycles. The van der Waals surface area contributed by atoms with Crippen LogP contribution in [-0.2, 0) is 0 Å². The van der Waals surface area contributed by atoms with Gasteiger partial charge in [0.1, 0.15) is 5.82 Å². The Morgan fingerprint density at radius 1 is 0.326 bits per heavy atom. The molecule has 0 amide bonds. The molecule has 17 aromatic rings. The molecule has 0 fully saturated rings. The predicted octanol–water partition coefficient (Wildman–Crippen LogP) is 16.1. The molecule has 0 N–H and O–H groups in total. The lowest BCUT2D eigenvalue weighted by Gasteiger charge is -2.35. The standard InChI is InChI=1S/C78H51N7Si/c1-51-45-53(38-44-76(51)86(56-21-5-2-6-22-56,57-23-7-3-8-24-57)58-25-9-4-10-26-58)67-49-77(84-71-35-19-14-30-62(71)65-47-54(39-42-74(65)84)82-68-32-16-11-27-59(68)60-28-12-17-33-69(60)82)81-78(80-67)85-72-36-20-15-31-63(72)66-48-55(40-43-75(66)85)83-70-34-18-13-29-61(70)64-46-52(50-79)37-41-73(64)83/h2-49H,1H3. The zero-order valence-electron chi connectivity index (χ0n) is 46.8. The van der Waals surface area contributed by atoms with Crippen molar-refractivity contribution >= 4 is 116 Å². The highest BCUT2D eigenvalue weighted by atomic mass is 28.3. The molecule has 7 nitrogen and oxygen atoms in total. The van der Waals surface area contributed by atoms with Gasteiger partial charge in [-0.3, -0.25) is 9.13 Å². The van der Waals surface area contributed by atoms with Crippen LogP contribution in [0.3, 0.4) is 0 Å². The molecular formula is C78H51N7Si. The van der Waals surface area contributed by atoms with Crippen molar-refractivity contribution in [2.24, 2.45) is 0 Å². The van der Waals surface area contributed by atoms with Crippen molar-refractivity contribution in [3.8, 4) is 40.5 Å². The summed E-state index contributed by atoms with van der Waals surface area (Å²) in [5.74, 6) is 1.32. The van der Waals surface area contributed by atoms with Gasteiger partial charge in [-0.05, 0) is 119 Å². The molecule has 86 heavy (non-hydrogen) atoms. The van der Waals surface area contributed by atoms with E-state index in [2.05, 4.69) is 310 Å². The van der Waals surface area contributed by atoms with E-state index in [1.165, 1.54) is 48.1 Å². The fraction of sp³-hybridized carbons (Fsp3) is 0.0128. The number of benzene rings is 12. The molecule has 17 rings (SSSR count). The first-order chi connectivity index (χ1) is 42.5. The molecule has 0 radical (unpaired) electrons. The summed E-state index contributed by atoms with van der Waals surface area (Å²) in [6.45, 7) is 2.28. The first kappa shape index (κ1) is 49.3. The summed E-state index contributed by atoms with van der Waals surface area (Å²) in [5, 5.41) is 24.3. The maximum atomic E-state index is 9.96. The van der Waals surface area contributed by atoms with Gasteiger partial charge in [0.05, 0.1) is 61.5 Å². The number of fused-ring (bicyclic) bond motifs is 12. The van der Waals surface area contributed by atoms with Crippen molar-refractivity contribution < 1.29 is 0 Å². The Morgan fingerprint density at radius 3 is 1.19 bits per heavy atom. The molecule has 0 aliphatic heterocycles. The average Bonchev–Trinajstić information content (AvgIpc) is 1.38. The third-order valence-corrected chi connectivity index (χ3v) is 22.9. The second-order valence-electron chi connectivity index (χ2n) is 22.5. The van der Waals surface area contributed by atoms with Gasteiger partial charge in [-0.1, -0.05) is 200 Å². The third kappa shape index (κ3) is 7.32. The van der Waals surface area contributed by atoms with Crippen LogP contribution in [0.2, 0.25) is 0 Å². The Balaban J connectivity index is 0.912. The highest BCUT2D eigenvalue weighted by Gasteiger charge is 2.42. The molecule has 0 spiro atoms. The van der Waals surface area contributed by atoms with Crippen molar-refractivity contribution in [1.29, 1.82) is 5.26 Å². The predicted molar refractivity (Wildman–Crippen MR) is 358 cm³/mol. The van der Waals surface area contributed by atoms with E-state index in [4.69, 9.17) is 9.97 Å². The second kappa shape index (κ2) is 19.4. The Kier molecular flexibility index (Phi) is 11.1. The zero-order chi connectivity index (χ0) is 57.0. The lowest BCUT2D eigenvalue weighted by molar-refractivity contribution is 0.951. The average molecular weight is 1110 g/mol. The van der Waals surface area contributed by atoms with Gasteiger partial charge in [0.15, 0.2) is 8.07 Å². The maximum Gasteiger partial charge on any atom is 0.237 e. The molecule has 402 valence electrons. The van der Waals surface area contributed by atoms with Crippen molar-refractivity contribution in [2.75, 3.05) is 0 Å². The molecule has 0 unspecified atom stereocenters. The van der Waals surface area contributed by atoms with Crippen LogP contribution in [0.15, 0.2) is 291 Å². The van der Waals surface area contributed by atoms with Crippen LogP contribution in [0.5, 0.6) is 0 Å². The highest BCUT2D eigenvalue weighted by Crippen LogP contribution is 2.40. The number of aromatic nitrogens is 6. The van der Waals surface area contributed by atoms with Crippen LogP contribution in [0, 0.1) is 18.3 Å². The quantitative estimate of drug-likeness (QED) is 0.107. The zero-order valence-corrected chi connectivity index (χ0v) is 47.8. The van der Waals surface area contributed by atoms with E-state index in [0.717, 1.165) is 93.9 Å². The molecule has 0 saturated carbocycles. The van der Waals surface area contributed by atoms with E-state index >= 15 is 0 Å². The van der Waals surface area contributed by atoms with Crippen LogP contribution in [-0.4, -0.2) is 36.3 Å². The van der Waals surface area contributed by atoms with Gasteiger partial charge in [-0.2, -0.15) is 10.2 Å². The molecule has 8 heteroatoms. The summed E-state index contributed by atoms with van der Waals surface area (Å²) in [6.07, 6.45) is 0. The van der Waals surface area contributed by atoms with E-state index < -0.39 is 8.07 Å². The monoisotopic (exact) mass is 1110 g/mol. The van der Waals surface area contributed by atoms with E-state index in [1.807, 2.05) is 12.1 Å². The van der Waals surface area contributed by atoms with Crippen molar-refractivity contribution in [3.63, 3.8) is 0 Å². The van der Waals surface area contributed by atoms with Crippen molar-refractivity contribution in [3.05, 3.63) is 302 Å². The maximum absolute atomic E-state index is 9.96. The van der Waals surface area contributed by atoms with Crippen LogP contribution >= 0.6 is 0 Å². The molecule has 5 aromatic heterocycles. The largest absolute Gasteiger partial charge is 0.309 e. The molecule has 12 aromatic carbocycles. The minimum Gasteiger partial charge on any atom is -0.309 e. The van der Waals surface area contributed by atoms with Gasteiger partial charge in [0.2, 0.25) is 5.95 Å². The van der Waals surface area contributed by atoms with Gasteiger partial charge in [-0.25, -0.2) is 4.98 Å². The Morgan fingerprint density at radius 2 is 0.709 bits per heavy atom. The summed E-state index contributed by atoms with van der Waals surface area (Å²) < 4.78 is 9.30. The van der Waals surface area contributed by atoms with Gasteiger partial charge in [0.25, 0.3) is 0 Å². The lowest BCUT2D eigenvalue weighted by atomic mass is 10.1. The molecule has 0 aliphatic rings. The topological polar surface area (TPSA) is 69.3 Å². The van der Waals surface area contributed by atoms with Crippen LogP contribution < -0.4 is 20.7 Å². The fourth-order valence-corrected chi connectivity index (χ4v) is 19.3. The number of aryl methyl sites for hydroxylation is 1. The minimum absolute atomic E-state index is 0.563. The van der Waals surface area contributed by atoms with E-state index in [-0.39, 0.29) is 0 Å². The Labute approximate surface area is 496 Å². The second-order valence-corrected chi connectivity index (χ2v) is 26.2. The smallest absolute Gasteiger partial charge is 0.237 e. The van der Waals surface area contributed by atoms with Gasteiger partial charge in [-0.15, -0.1) is 0 Å². The van der Waals surface area contributed by atoms with E-state index in [0.29, 0.717) is 11.5 Å². The summed E-state index contributed by atoms with van der Waals surface area (Å²) in [6, 6.07) is 108. The fourth-order valence-electron chi connectivity index (χ4n) is 14.2. The molecule has 0 saturated heterocycles. The first-order valence-corrected chi connectivity index (χ1v) is 31.2. The van der Waals surface area contributed by atoms with Gasteiger partial charge in [0, 0.05) is 66.1 Å². The number of hydrogen-bond donors (Lipinski definition) is 0. The van der Waals surface area contributed by atoms with E-state index in [1.54, 1.807) is 0 Å². The van der Waals surface area contributed by atoms with Crippen LogP contribution in [0.1, 0.15) is 11.1 Å². The Hall–Kier alpha value is -11.4. The molecule has 0 bridgehead atoms. The summed E-state index contributed by atoms with van der Waals surface area (Å²) in [7, 11) is -2.87. The van der Waals surface area contributed by atoms with Crippen LogP contribution in [0.4, 0.5) is 0 Å². The number of para-hydroxylation sites is 5. The highest BCUT2D eigenvalue weighted by molar-refractivity contribution is 7.20. The van der Waals surface area contributed by atoms with Crippen LogP contribution in [0.25, 0.3) is 122 Å². The normalized spacial score (nSPS) is 12.0. The molecular weight excluding hydrogens is 1060 g/mol. The summed E-state index contributed by atoms with van der Waals surface area (Å²) >= 11 is 0. The number of nitriles is 1. The number of hydrogen-bond acceptors (Lipinski definition) is 3. The number of nitrogens with zero attached hydrogens (tertiary/aromatic N) is 7. The first-order valence-electron chi connectivity index (χ1n) is 29.2. The van der Waals surface area contributed by atoms with Crippen molar-refractivity contribution in [1.82, 2.24) is 28.2 Å². The molecule has 5 heterocycles. The lowest BCUT2D eigenvalue weighted by Crippen LogP contribution is -2.75. The van der Waals surface area contributed by atoms with E-state index in [9.17, 15) is 5.26 Å². The minimum atomic E-state index is -2.87. The Bertz CT molecular complexity index is 5480.